The Hall–Kier alpha value is -2.41. The average Bonchev–Trinajstić information content (AvgIpc) is 2.85. The van der Waals surface area contributed by atoms with Crippen LogP contribution in [0.5, 0.6) is 0 Å². The summed E-state index contributed by atoms with van der Waals surface area (Å²) in [4.78, 5) is 33.1. The topological polar surface area (TPSA) is 105 Å². The minimum absolute atomic E-state index is 0.482. The molecule has 0 radical (unpaired) electrons. The molecule has 0 heterocycles. The van der Waals surface area contributed by atoms with Gasteiger partial charge in [-0.3, -0.25) is 10.1 Å². The molecule has 0 fully saturated rings. The van der Waals surface area contributed by atoms with Crippen LogP contribution in [0, 0.1) is 0 Å². The number of ether oxygens (including phenoxy) is 1. The number of carboxylic acid groups (broad SMARTS) is 1. The highest BCUT2D eigenvalue weighted by Crippen LogP contribution is 2.24. The minimum Gasteiger partial charge on any atom is -0.480 e. The van der Waals surface area contributed by atoms with E-state index < -0.39 is 31.1 Å². The molecule has 1 aromatic rings. The Morgan fingerprint density at radius 3 is 2.67 bits per heavy atom. The van der Waals surface area contributed by atoms with Crippen molar-refractivity contribution < 1.29 is 24.2 Å². The first-order valence-corrected chi connectivity index (χ1v) is 6.57. The van der Waals surface area contributed by atoms with Gasteiger partial charge in [0.25, 0.3) is 5.91 Å². The summed E-state index contributed by atoms with van der Waals surface area (Å²) in [5, 5.41) is 13.0. The molecule has 0 unspecified atom stereocenters. The molecule has 2 rings (SSSR count). The molecule has 0 saturated heterocycles. The third kappa shape index (κ3) is 4.57. The van der Waals surface area contributed by atoms with Crippen molar-refractivity contribution in [3.63, 3.8) is 0 Å². The first-order valence-electron chi connectivity index (χ1n) is 6.57. The van der Waals surface area contributed by atoms with Gasteiger partial charge in [-0.05, 0) is 42.5 Å². The zero-order chi connectivity index (χ0) is 15.2. The van der Waals surface area contributed by atoms with Gasteiger partial charge in [0.1, 0.15) is 13.2 Å². The summed E-state index contributed by atoms with van der Waals surface area (Å²) in [6.45, 7) is -1.07. The number of nitrogens with one attached hydrogen (secondary N) is 2. The molecular formula is C14H16N2O5. The van der Waals surface area contributed by atoms with Crippen LogP contribution in [0.3, 0.4) is 0 Å². The zero-order valence-corrected chi connectivity index (χ0v) is 11.3. The molecule has 0 atom stereocenters. The summed E-state index contributed by atoms with van der Waals surface area (Å²) in [7, 11) is 0. The van der Waals surface area contributed by atoms with Gasteiger partial charge in [-0.25, -0.2) is 9.59 Å². The number of amides is 3. The van der Waals surface area contributed by atoms with Crippen LogP contribution in [-0.4, -0.2) is 36.2 Å². The van der Waals surface area contributed by atoms with E-state index in [0.29, 0.717) is 5.69 Å². The number of carboxylic acids is 1. The van der Waals surface area contributed by atoms with Crippen molar-refractivity contribution in [2.75, 3.05) is 18.5 Å². The average molecular weight is 292 g/mol. The Bertz CT molecular complexity index is 570. The van der Waals surface area contributed by atoms with Crippen LogP contribution in [0.15, 0.2) is 18.2 Å². The number of hydrogen-bond donors (Lipinski definition) is 3. The van der Waals surface area contributed by atoms with E-state index in [1.165, 1.54) is 11.1 Å². The molecule has 0 bridgehead atoms. The Morgan fingerprint density at radius 1 is 1.14 bits per heavy atom. The number of aliphatic carboxylic acids is 1. The monoisotopic (exact) mass is 292 g/mol. The number of carbonyl (C=O) groups excluding carboxylic acids is 2. The van der Waals surface area contributed by atoms with Crippen molar-refractivity contribution in [2.24, 2.45) is 0 Å². The summed E-state index contributed by atoms with van der Waals surface area (Å²) in [6, 6.07) is 4.98. The minimum atomic E-state index is -1.18. The third-order valence-corrected chi connectivity index (χ3v) is 3.07. The number of aryl methyl sites for hydroxylation is 2. The molecule has 0 aromatic heterocycles. The van der Waals surface area contributed by atoms with Crippen LogP contribution in [0.2, 0.25) is 0 Å². The summed E-state index contributed by atoms with van der Waals surface area (Å²) in [5.41, 5.74) is 3.12. The second kappa shape index (κ2) is 6.85. The normalized spacial score (nSPS) is 12.6. The van der Waals surface area contributed by atoms with Gasteiger partial charge < -0.3 is 15.2 Å². The smallest absolute Gasteiger partial charge is 0.329 e. The fraction of sp³-hybridized carbons (Fsp3) is 0.357. The first kappa shape index (κ1) is 15.0. The van der Waals surface area contributed by atoms with Crippen molar-refractivity contribution in [3.8, 4) is 0 Å². The van der Waals surface area contributed by atoms with Crippen molar-refractivity contribution in [1.82, 2.24) is 5.32 Å². The number of hydrogen-bond acceptors (Lipinski definition) is 4. The van der Waals surface area contributed by atoms with E-state index in [1.807, 2.05) is 12.1 Å². The second-order valence-corrected chi connectivity index (χ2v) is 4.73. The summed E-state index contributed by atoms with van der Waals surface area (Å²) in [6.07, 6.45) is 3.17. The highest BCUT2D eigenvalue weighted by atomic mass is 16.5. The number of benzene rings is 1. The Kier molecular flexibility index (Phi) is 4.89. The van der Waals surface area contributed by atoms with Crippen LogP contribution in [0.25, 0.3) is 0 Å². The molecule has 0 spiro atoms. The second-order valence-electron chi connectivity index (χ2n) is 4.73. The maximum Gasteiger partial charge on any atom is 0.329 e. The van der Waals surface area contributed by atoms with E-state index in [4.69, 9.17) is 5.11 Å². The molecule has 1 aliphatic carbocycles. The number of anilines is 1. The van der Waals surface area contributed by atoms with Gasteiger partial charge >= 0.3 is 12.0 Å². The van der Waals surface area contributed by atoms with Gasteiger partial charge in [0.15, 0.2) is 0 Å². The van der Waals surface area contributed by atoms with Gasteiger partial charge in [0, 0.05) is 5.69 Å². The van der Waals surface area contributed by atoms with Crippen LogP contribution >= 0.6 is 0 Å². The van der Waals surface area contributed by atoms with E-state index in [9.17, 15) is 14.4 Å². The molecule has 3 N–H and O–H groups in total. The molecule has 0 aliphatic heterocycles. The van der Waals surface area contributed by atoms with Gasteiger partial charge in [-0.1, -0.05) is 6.07 Å². The van der Waals surface area contributed by atoms with Gasteiger partial charge in [0.05, 0.1) is 0 Å². The number of urea groups is 1. The van der Waals surface area contributed by atoms with Crippen molar-refractivity contribution >= 4 is 23.6 Å². The fourth-order valence-corrected chi connectivity index (χ4v) is 2.21. The van der Waals surface area contributed by atoms with Gasteiger partial charge in [-0.2, -0.15) is 0 Å². The Balaban J connectivity index is 1.79. The van der Waals surface area contributed by atoms with Crippen molar-refractivity contribution in [1.29, 1.82) is 0 Å². The van der Waals surface area contributed by atoms with Crippen LogP contribution in [-0.2, 0) is 27.2 Å². The van der Waals surface area contributed by atoms with E-state index in [-0.39, 0.29) is 0 Å². The number of fused-ring (bicyclic) bond motifs is 1. The lowest BCUT2D eigenvalue weighted by molar-refractivity contribution is -0.143. The van der Waals surface area contributed by atoms with Crippen LogP contribution < -0.4 is 10.6 Å². The third-order valence-electron chi connectivity index (χ3n) is 3.07. The molecule has 3 amide bonds. The summed E-state index contributed by atoms with van der Waals surface area (Å²) in [5.74, 6) is -1.87. The summed E-state index contributed by atoms with van der Waals surface area (Å²) >= 11 is 0. The Morgan fingerprint density at radius 2 is 1.90 bits per heavy atom. The van der Waals surface area contributed by atoms with E-state index in [1.54, 1.807) is 6.07 Å². The van der Waals surface area contributed by atoms with Crippen LogP contribution in [0.1, 0.15) is 17.5 Å². The molecule has 0 saturated carbocycles. The van der Waals surface area contributed by atoms with Crippen molar-refractivity contribution in [2.45, 2.75) is 19.3 Å². The van der Waals surface area contributed by atoms with Crippen molar-refractivity contribution in [3.05, 3.63) is 29.3 Å². The maximum absolute atomic E-state index is 11.6. The van der Waals surface area contributed by atoms with Gasteiger partial charge in [-0.15, -0.1) is 0 Å². The largest absolute Gasteiger partial charge is 0.480 e. The zero-order valence-electron chi connectivity index (χ0n) is 11.3. The standard InChI is InChI=1S/C14H16N2O5/c17-12(7-21-8-13(18)19)16-14(20)15-11-5-4-9-2-1-3-10(9)6-11/h4-6H,1-3,7-8H2,(H,18,19)(H2,15,16,17,20). The number of imide groups is 1. The molecule has 1 aromatic carbocycles. The molecule has 21 heavy (non-hydrogen) atoms. The van der Waals surface area contributed by atoms with Gasteiger partial charge in [0.2, 0.25) is 0 Å². The van der Waals surface area contributed by atoms with E-state index in [0.717, 1.165) is 19.3 Å². The lowest BCUT2D eigenvalue weighted by atomic mass is 10.1. The highest BCUT2D eigenvalue weighted by molar-refractivity contribution is 6.01. The molecule has 1 aliphatic rings. The first-order chi connectivity index (χ1) is 10.0. The fourth-order valence-electron chi connectivity index (χ4n) is 2.21. The van der Waals surface area contributed by atoms with E-state index in [2.05, 4.69) is 15.4 Å². The quantitative estimate of drug-likeness (QED) is 0.748. The highest BCUT2D eigenvalue weighted by Gasteiger charge is 2.13. The van der Waals surface area contributed by atoms with E-state index >= 15 is 0 Å². The predicted octanol–water partition coefficient (Wildman–Crippen LogP) is 0.925. The number of carbonyl (C=O) groups is 3. The summed E-state index contributed by atoms with van der Waals surface area (Å²) < 4.78 is 4.58. The van der Waals surface area contributed by atoms with Crippen LogP contribution in [0.4, 0.5) is 10.5 Å². The lowest BCUT2D eigenvalue weighted by Crippen LogP contribution is -2.37. The lowest BCUT2D eigenvalue weighted by Gasteiger charge is -2.08. The number of rotatable bonds is 5. The molecule has 7 heteroatoms. The molecule has 7 nitrogen and oxygen atoms in total. The predicted molar refractivity (Wildman–Crippen MR) is 74.1 cm³/mol. The maximum atomic E-state index is 11.6. The molecular weight excluding hydrogens is 276 g/mol. The SMILES string of the molecule is O=C(O)COCC(=O)NC(=O)Nc1ccc2c(c1)CCC2. The molecule has 112 valence electrons. The Labute approximate surface area is 121 Å².